The second-order valence-electron chi connectivity index (χ2n) is 8.51. The average molecular weight is 525 g/mol. The van der Waals surface area contributed by atoms with Crippen molar-refractivity contribution in [3.63, 3.8) is 0 Å². The van der Waals surface area contributed by atoms with Crippen LogP contribution in [0.15, 0.2) is 30.3 Å². The second-order valence-corrected chi connectivity index (χ2v) is 9.49. The Kier molecular flexibility index (Phi) is 13.6. The van der Waals surface area contributed by atoms with Crippen molar-refractivity contribution in [3.8, 4) is 0 Å². The topological polar surface area (TPSA) is 188 Å². The van der Waals surface area contributed by atoms with E-state index < -0.39 is 60.2 Å². The van der Waals surface area contributed by atoms with E-state index in [1.54, 1.807) is 44.2 Å². The molecule has 0 aliphatic carbocycles. The number of carbonyl (C=O) groups excluding carboxylic acids is 3. The van der Waals surface area contributed by atoms with E-state index in [9.17, 15) is 34.2 Å². The molecule has 0 bridgehead atoms. The van der Waals surface area contributed by atoms with Gasteiger partial charge in [-0.2, -0.15) is 11.8 Å². The first-order chi connectivity index (χ1) is 17.0. The van der Waals surface area contributed by atoms with Crippen LogP contribution in [0, 0.1) is 5.92 Å². The summed E-state index contributed by atoms with van der Waals surface area (Å²) in [5.41, 5.74) is 6.52. The predicted octanol–water partition coefficient (Wildman–Crippen LogP) is 0.369. The quantitative estimate of drug-likeness (QED) is 0.177. The number of amides is 3. The third kappa shape index (κ3) is 10.6. The van der Waals surface area contributed by atoms with Gasteiger partial charge >= 0.3 is 11.9 Å². The number of nitrogens with two attached hydrogens (primary N) is 1. The van der Waals surface area contributed by atoms with Crippen LogP contribution < -0.4 is 21.7 Å². The van der Waals surface area contributed by atoms with E-state index in [0.717, 1.165) is 0 Å². The van der Waals surface area contributed by atoms with Crippen LogP contribution in [0.5, 0.6) is 0 Å². The fraction of sp³-hybridized carbons (Fsp3) is 0.542. The van der Waals surface area contributed by atoms with Crippen LogP contribution in [0.3, 0.4) is 0 Å². The summed E-state index contributed by atoms with van der Waals surface area (Å²) in [4.78, 5) is 61.6. The molecule has 0 aromatic heterocycles. The molecular weight excluding hydrogens is 488 g/mol. The van der Waals surface area contributed by atoms with Crippen LogP contribution in [0.1, 0.15) is 38.7 Å². The monoisotopic (exact) mass is 524 g/mol. The van der Waals surface area contributed by atoms with Crippen LogP contribution in [-0.2, 0) is 30.4 Å². The van der Waals surface area contributed by atoms with Gasteiger partial charge in [-0.25, -0.2) is 4.79 Å². The van der Waals surface area contributed by atoms with Crippen molar-refractivity contribution >= 4 is 41.4 Å². The summed E-state index contributed by atoms with van der Waals surface area (Å²) in [6, 6.07) is 3.92. The third-order valence-corrected chi connectivity index (χ3v) is 6.32. The molecule has 0 fully saturated rings. The van der Waals surface area contributed by atoms with Gasteiger partial charge in [0.15, 0.2) is 0 Å². The molecule has 0 aliphatic heterocycles. The van der Waals surface area contributed by atoms with E-state index in [4.69, 9.17) is 5.73 Å². The molecule has 1 aromatic rings. The van der Waals surface area contributed by atoms with E-state index in [2.05, 4.69) is 16.0 Å². The Bertz CT molecular complexity index is 900. The fourth-order valence-corrected chi connectivity index (χ4v) is 3.80. The molecule has 1 rings (SSSR count). The molecule has 1 aromatic carbocycles. The highest BCUT2D eigenvalue weighted by atomic mass is 32.2. The number of nitrogens with one attached hydrogen (secondary N) is 3. The molecule has 7 N–H and O–H groups in total. The molecule has 5 unspecified atom stereocenters. The lowest BCUT2D eigenvalue weighted by Crippen LogP contribution is -2.58. The van der Waals surface area contributed by atoms with Gasteiger partial charge < -0.3 is 31.9 Å². The maximum Gasteiger partial charge on any atom is 0.326 e. The molecule has 0 aliphatic rings. The van der Waals surface area contributed by atoms with Crippen molar-refractivity contribution in [2.45, 2.75) is 63.7 Å². The van der Waals surface area contributed by atoms with Crippen molar-refractivity contribution in [3.05, 3.63) is 35.9 Å². The number of hydrogen-bond donors (Lipinski definition) is 6. The van der Waals surface area contributed by atoms with Gasteiger partial charge in [0.05, 0.1) is 12.5 Å². The zero-order valence-corrected chi connectivity index (χ0v) is 21.5. The number of benzene rings is 1. The molecule has 12 heteroatoms. The number of rotatable bonds is 16. The van der Waals surface area contributed by atoms with Crippen molar-refractivity contribution < 1.29 is 34.2 Å². The highest BCUT2D eigenvalue weighted by Crippen LogP contribution is 2.10. The maximum atomic E-state index is 13.1. The van der Waals surface area contributed by atoms with Crippen LogP contribution in [-0.4, -0.2) is 76.0 Å². The van der Waals surface area contributed by atoms with Crippen molar-refractivity contribution in [2.75, 3.05) is 12.0 Å². The smallest absolute Gasteiger partial charge is 0.326 e. The molecule has 0 radical (unpaired) electrons. The SMILES string of the molecule is CCC(C)C(NC(=O)C(Cc1ccccc1)NC(=O)C(CC(=O)O)NC(=O)C(N)CCSC)C(=O)O. The summed E-state index contributed by atoms with van der Waals surface area (Å²) in [6.07, 6.45) is 1.97. The first-order valence-electron chi connectivity index (χ1n) is 11.6. The van der Waals surface area contributed by atoms with Crippen LogP contribution >= 0.6 is 11.8 Å². The van der Waals surface area contributed by atoms with E-state index in [0.29, 0.717) is 24.2 Å². The molecule has 11 nitrogen and oxygen atoms in total. The molecule has 200 valence electrons. The molecular formula is C24H36N4O7S. The minimum absolute atomic E-state index is 0.0201. The summed E-state index contributed by atoms with van der Waals surface area (Å²) in [7, 11) is 0. The van der Waals surface area contributed by atoms with Crippen LogP contribution in [0.25, 0.3) is 0 Å². The third-order valence-electron chi connectivity index (χ3n) is 5.67. The fourth-order valence-electron chi connectivity index (χ4n) is 3.31. The Morgan fingerprint density at radius 3 is 2.06 bits per heavy atom. The van der Waals surface area contributed by atoms with Gasteiger partial charge in [0.25, 0.3) is 0 Å². The normalized spacial score (nSPS) is 15.0. The average Bonchev–Trinajstić information content (AvgIpc) is 2.84. The Labute approximate surface area is 215 Å². The molecule has 0 saturated heterocycles. The van der Waals surface area contributed by atoms with Crippen molar-refractivity contribution in [2.24, 2.45) is 11.7 Å². The van der Waals surface area contributed by atoms with Gasteiger partial charge in [-0.3, -0.25) is 19.2 Å². The Balaban J connectivity index is 3.12. The van der Waals surface area contributed by atoms with Crippen LogP contribution in [0.2, 0.25) is 0 Å². The van der Waals surface area contributed by atoms with E-state index >= 15 is 0 Å². The number of thioether (sulfide) groups is 1. The summed E-state index contributed by atoms with van der Waals surface area (Å²) in [5, 5.41) is 26.1. The second kappa shape index (κ2) is 15.8. The number of aliphatic carboxylic acids is 2. The van der Waals surface area contributed by atoms with E-state index in [1.807, 2.05) is 6.26 Å². The van der Waals surface area contributed by atoms with Gasteiger partial charge in [0, 0.05) is 6.42 Å². The summed E-state index contributed by atoms with van der Waals surface area (Å²) in [5.74, 6) is -4.63. The predicted molar refractivity (Wildman–Crippen MR) is 136 cm³/mol. The maximum absolute atomic E-state index is 13.1. The van der Waals surface area contributed by atoms with Crippen molar-refractivity contribution in [1.29, 1.82) is 0 Å². The summed E-state index contributed by atoms with van der Waals surface area (Å²) >= 11 is 1.49. The molecule has 0 heterocycles. The van der Waals surface area contributed by atoms with Crippen molar-refractivity contribution in [1.82, 2.24) is 16.0 Å². The highest BCUT2D eigenvalue weighted by molar-refractivity contribution is 7.98. The van der Waals surface area contributed by atoms with Crippen LogP contribution in [0.4, 0.5) is 0 Å². The van der Waals surface area contributed by atoms with Gasteiger partial charge in [-0.1, -0.05) is 50.6 Å². The molecule has 0 saturated carbocycles. The van der Waals surface area contributed by atoms with Gasteiger partial charge in [-0.15, -0.1) is 0 Å². The Hall–Kier alpha value is -3.12. The number of hydrogen-bond acceptors (Lipinski definition) is 7. The number of carboxylic acid groups (broad SMARTS) is 2. The Morgan fingerprint density at radius 1 is 0.944 bits per heavy atom. The standard InChI is InChI=1S/C24H36N4O7S/c1-4-14(2)20(24(34)35)28-23(33)17(12-15-8-6-5-7-9-15)27-22(32)18(13-19(29)30)26-21(31)16(25)10-11-36-3/h5-9,14,16-18,20H,4,10-13,25H2,1-3H3,(H,26,31)(H,27,32)(H,28,33)(H,29,30)(H,34,35). The minimum Gasteiger partial charge on any atom is -0.481 e. The van der Waals surface area contributed by atoms with Gasteiger partial charge in [-0.05, 0) is 29.9 Å². The summed E-state index contributed by atoms with van der Waals surface area (Å²) < 4.78 is 0. The van der Waals surface area contributed by atoms with Gasteiger partial charge in [0.2, 0.25) is 17.7 Å². The zero-order chi connectivity index (χ0) is 27.3. The number of carbonyl (C=O) groups is 5. The minimum atomic E-state index is -1.48. The first-order valence-corrected chi connectivity index (χ1v) is 13.0. The molecule has 5 atom stereocenters. The summed E-state index contributed by atoms with van der Waals surface area (Å²) in [6.45, 7) is 3.47. The zero-order valence-electron chi connectivity index (χ0n) is 20.7. The van der Waals surface area contributed by atoms with E-state index in [1.165, 1.54) is 11.8 Å². The molecule has 3 amide bonds. The molecule has 0 spiro atoms. The lowest BCUT2D eigenvalue weighted by atomic mass is 9.98. The largest absolute Gasteiger partial charge is 0.481 e. The Morgan fingerprint density at radius 2 is 1.53 bits per heavy atom. The highest BCUT2D eigenvalue weighted by Gasteiger charge is 2.32. The lowest BCUT2D eigenvalue weighted by Gasteiger charge is -2.26. The molecule has 36 heavy (non-hydrogen) atoms. The number of carboxylic acids is 2. The first kappa shape index (κ1) is 30.9. The van der Waals surface area contributed by atoms with Gasteiger partial charge in [0.1, 0.15) is 18.1 Å². The van der Waals surface area contributed by atoms with E-state index in [-0.39, 0.29) is 12.3 Å². The lowest BCUT2D eigenvalue weighted by molar-refractivity contribution is -0.144.